The highest BCUT2D eigenvalue weighted by atomic mass is 16.5. The third-order valence-corrected chi connectivity index (χ3v) is 3.73. The van der Waals surface area contributed by atoms with Gasteiger partial charge in [-0.2, -0.15) is 0 Å². The lowest BCUT2D eigenvalue weighted by atomic mass is 9.95. The van der Waals surface area contributed by atoms with Crippen molar-refractivity contribution in [2.45, 2.75) is 25.8 Å². The van der Waals surface area contributed by atoms with Crippen LogP contribution in [0.3, 0.4) is 0 Å². The van der Waals surface area contributed by atoms with E-state index in [-0.39, 0.29) is 0 Å². The van der Waals surface area contributed by atoms with Crippen LogP contribution in [0.1, 0.15) is 19.8 Å². The van der Waals surface area contributed by atoms with Crippen molar-refractivity contribution < 1.29 is 4.74 Å². The Balaban J connectivity index is 1.73. The molecule has 1 aliphatic heterocycles. The van der Waals surface area contributed by atoms with Crippen molar-refractivity contribution in [3.63, 3.8) is 0 Å². The molecule has 2 aromatic rings. The Morgan fingerprint density at radius 3 is 2.95 bits per heavy atom. The summed E-state index contributed by atoms with van der Waals surface area (Å²) in [6.07, 6.45) is 4.18. The van der Waals surface area contributed by atoms with E-state index < -0.39 is 0 Å². The number of rotatable bonds is 3. The standard InChI is InChI=1S/C15H19N3O/c1-11(12-5-4-8-19-10-12)17-15-9-16-13-6-2-3-7-14(13)18-15/h2-3,6-7,9,11-12H,4-5,8,10H2,1H3,(H,17,18)/t11-,12+/m1/s1. The molecule has 0 spiro atoms. The summed E-state index contributed by atoms with van der Waals surface area (Å²) < 4.78 is 5.54. The molecule has 1 N–H and O–H groups in total. The molecule has 4 heteroatoms. The largest absolute Gasteiger partial charge is 0.381 e. The van der Waals surface area contributed by atoms with Gasteiger partial charge in [-0.3, -0.25) is 4.98 Å². The molecule has 1 saturated heterocycles. The third kappa shape index (κ3) is 2.84. The zero-order chi connectivity index (χ0) is 13.1. The normalized spacial score (nSPS) is 21.2. The maximum absolute atomic E-state index is 5.54. The first kappa shape index (κ1) is 12.4. The van der Waals surface area contributed by atoms with Gasteiger partial charge < -0.3 is 10.1 Å². The summed E-state index contributed by atoms with van der Waals surface area (Å²) in [7, 11) is 0. The van der Waals surface area contributed by atoms with Crippen LogP contribution in [-0.2, 0) is 4.74 Å². The SMILES string of the molecule is C[C@@H](Nc1cnc2ccccc2n1)[C@H]1CCCOC1. The molecule has 100 valence electrons. The lowest BCUT2D eigenvalue weighted by Crippen LogP contribution is -2.32. The Kier molecular flexibility index (Phi) is 3.60. The number of benzene rings is 1. The highest BCUT2D eigenvalue weighted by Crippen LogP contribution is 2.20. The van der Waals surface area contributed by atoms with Crippen LogP contribution < -0.4 is 5.32 Å². The second-order valence-electron chi connectivity index (χ2n) is 5.15. The maximum Gasteiger partial charge on any atom is 0.145 e. The average molecular weight is 257 g/mol. The van der Waals surface area contributed by atoms with E-state index in [1.807, 2.05) is 30.5 Å². The molecular formula is C15H19N3O. The van der Waals surface area contributed by atoms with Gasteiger partial charge in [-0.25, -0.2) is 4.98 Å². The van der Waals surface area contributed by atoms with Gasteiger partial charge in [0.05, 0.1) is 23.8 Å². The molecule has 1 aromatic carbocycles. The lowest BCUT2D eigenvalue weighted by molar-refractivity contribution is 0.0496. The zero-order valence-corrected chi connectivity index (χ0v) is 11.2. The minimum atomic E-state index is 0.357. The fraction of sp³-hybridized carbons (Fsp3) is 0.467. The smallest absolute Gasteiger partial charge is 0.145 e. The predicted octanol–water partition coefficient (Wildman–Crippen LogP) is 2.86. The molecule has 2 atom stereocenters. The Morgan fingerprint density at radius 2 is 2.16 bits per heavy atom. The average Bonchev–Trinajstić information content (AvgIpc) is 2.48. The molecule has 3 rings (SSSR count). The van der Waals surface area contributed by atoms with E-state index >= 15 is 0 Å². The summed E-state index contributed by atoms with van der Waals surface area (Å²) in [6, 6.07) is 8.29. The van der Waals surface area contributed by atoms with Gasteiger partial charge in [-0.15, -0.1) is 0 Å². The van der Waals surface area contributed by atoms with Crippen LogP contribution in [0.2, 0.25) is 0 Å². The molecule has 0 amide bonds. The summed E-state index contributed by atoms with van der Waals surface area (Å²) in [5, 5.41) is 3.45. The minimum Gasteiger partial charge on any atom is -0.381 e. The second kappa shape index (κ2) is 5.53. The van der Waals surface area contributed by atoms with E-state index in [2.05, 4.69) is 22.2 Å². The summed E-state index contributed by atoms with van der Waals surface area (Å²) in [5.74, 6) is 1.40. The molecule has 1 fully saturated rings. The Hall–Kier alpha value is -1.68. The van der Waals surface area contributed by atoms with E-state index in [4.69, 9.17) is 4.74 Å². The number of nitrogens with one attached hydrogen (secondary N) is 1. The molecule has 0 bridgehead atoms. The van der Waals surface area contributed by atoms with E-state index in [1.54, 1.807) is 0 Å². The van der Waals surface area contributed by atoms with Crippen molar-refractivity contribution >= 4 is 16.9 Å². The first-order valence-electron chi connectivity index (χ1n) is 6.89. The van der Waals surface area contributed by atoms with Crippen LogP contribution in [0.5, 0.6) is 0 Å². The van der Waals surface area contributed by atoms with Gasteiger partial charge in [0.25, 0.3) is 0 Å². The number of anilines is 1. The van der Waals surface area contributed by atoms with Crippen LogP contribution in [0, 0.1) is 5.92 Å². The molecule has 4 nitrogen and oxygen atoms in total. The monoisotopic (exact) mass is 257 g/mol. The van der Waals surface area contributed by atoms with Crippen LogP contribution in [-0.4, -0.2) is 29.2 Å². The molecule has 2 heterocycles. The quantitative estimate of drug-likeness (QED) is 0.918. The second-order valence-corrected chi connectivity index (χ2v) is 5.15. The fourth-order valence-electron chi connectivity index (χ4n) is 2.54. The third-order valence-electron chi connectivity index (χ3n) is 3.73. The van der Waals surface area contributed by atoms with Gasteiger partial charge in [-0.05, 0) is 31.9 Å². The van der Waals surface area contributed by atoms with E-state index in [0.29, 0.717) is 12.0 Å². The maximum atomic E-state index is 5.54. The van der Waals surface area contributed by atoms with Gasteiger partial charge in [0.1, 0.15) is 5.82 Å². The van der Waals surface area contributed by atoms with Gasteiger partial charge >= 0.3 is 0 Å². The van der Waals surface area contributed by atoms with E-state index in [0.717, 1.165) is 36.5 Å². The Morgan fingerprint density at radius 1 is 1.32 bits per heavy atom. The molecular weight excluding hydrogens is 238 g/mol. The highest BCUT2D eigenvalue weighted by molar-refractivity contribution is 5.75. The van der Waals surface area contributed by atoms with Gasteiger partial charge in [0, 0.05) is 18.6 Å². The van der Waals surface area contributed by atoms with Crippen molar-refractivity contribution in [3.05, 3.63) is 30.5 Å². The first-order valence-corrected chi connectivity index (χ1v) is 6.89. The number of ether oxygens (including phenoxy) is 1. The number of hydrogen-bond donors (Lipinski definition) is 1. The highest BCUT2D eigenvalue weighted by Gasteiger charge is 2.20. The van der Waals surface area contributed by atoms with Gasteiger partial charge in [0.15, 0.2) is 0 Å². The molecule has 0 radical (unpaired) electrons. The summed E-state index contributed by atoms with van der Waals surface area (Å²) in [5.41, 5.74) is 1.86. The van der Waals surface area contributed by atoms with Crippen molar-refractivity contribution in [1.29, 1.82) is 0 Å². The fourth-order valence-corrected chi connectivity index (χ4v) is 2.54. The van der Waals surface area contributed by atoms with E-state index in [9.17, 15) is 0 Å². The summed E-state index contributed by atoms with van der Waals surface area (Å²) in [4.78, 5) is 9.02. The first-order chi connectivity index (χ1) is 9.33. The number of aromatic nitrogens is 2. The van der Waals surface area contributed by atoms with Gasteiger partial charge in [-0.1, -0.05) is 12.1 Å². The van der Waals surface area contributed by atoms with E-state index in [1.165, 1.54) is 6.42 Å². The molecule has 0 unspecified atom stereocenters. The summed E-state index contributed by atoms with van der Waals surface area (Å²) >= 11 is 0. The van der Waals surface area contributed by atoms with Crippen LogP contribution in [0.4, 0.5) is 5.82 Å². The number of para-hydroxylation sites is 2. The number of fused-ring (bicyclic) bond motifs is 1. The van der Waals surface area contributed by atoms with Crippen molar-refractivity contribution in [1.82, 2.24) is 9.97 Å². The summed E-state index contributed by atoms with van der Waals surface area (Å²) in [6.45, 7) is 3.93. The van der Waals surface area contributed by atoms with Crippen molar-refractivity contribution in [2.24, 2.45) is 5.92 Å². The molecule has 1 aromatic heterocycles. The van der Waals surface area contributed by atoms with Crippen LogP contribution in [0.25, 0.3) is 11.0 Å². The Bertz CT molecular complexity index is 552. The molecule has 19 heavy (non-hydrogen) atoms. The van der Waals surface area contributed by atoms with Crippen LogP contribution >= 0.6 is 0 Å². The molecule has 0 aliphatic carbocycles. The number of nitrogens with zero attached hydrogens (tertiary/aromatic N) is 2. The molecule has 1 aliphatic rings. The molecule has 0 saturated carbocycles. The topological polar surface area (TPSA) is 47.0 Å². The van der Waals surface area contributed by atoms with Crippen LogP contribution in [0.15, 0.2) is 30.5 Å². The minimum absolute atomic E-state index is 0.357. The van der Waals surface area contributed by atoms with Crippen molar-refractivity contribution in [2.75, 3.05) is 18.5 Å². The predicted molar refractivity (Wildman–Crippen MR) is 76.2 cm³/mol. The number of hydrogen-bond acceptors (Lipinski definition) is 4. The van der Waals surface area contributed by atoms with Crippen molar-refractivity contribution in [3.8, 4) is 0 Å². The Labute approximate surface area is 113 Å². The lowest BCUT2D eigenvalue weighted by Gasteiger charge is -2.28. The zero-order valence-electron chi connectivity index (χ0n) is 11.2. The van der Waals surface area contributed by atoms with Gasteiger partial charge in [0.2, 0.25) is 0 Å².